The molecule has 0 aliphatic heterocycles. The van der Waals surface area contributed by atoms with Crippen LogP contribution < -0.4 is 11.1 Å². The molecule has 4 heteroatoms. The molecule has 1 aliphatic rings. The summed E-state index contributed by atoms with van der Waals surface area (Å²) < 4.78 is 0. The van der Waals surface area contributed by atoms with E-state index in [1.54, 1.807) is 0 Å². The van der Waals surface area contributed by atoms with Gasteiger partial charge >= 0.3 is 0 Å². The third kappa shape index (κ3) is 4.13. The van der Waals surface area contributed by atoms with Crippen LogP contribution >= 0.6 is 0 Å². The fourth-order valence-corrected chi connectivity index (χ4v) is 2.87. The number of oxime groups is 1. The number of hydrogen-bond acceptors (Lipinski definition) is 3. The number of nitrogens with one attached hydrogen (secondary N) is 1. The van der Waals surface area contributed by atoms with Crippen molar-refractivity contribution in [2.24, 2.45) is 16.3 Å². The average Bonchev–Trinajstić information content (AvgIpc) is 2.93. The van der Waals surface area contributed by atoms with Gasteiger partial charge in [0.05, 0.1) is 0 Å². The molecule has 1 aromatic carbocycles. The van der Waals surface area contributed by atoms with Crippen molar-refractivity contribution >= 4 is 11.5 Å². The standard InChI is InChI=1S/C17H27N3O/c1-17(2,16(18)20-21)10-3-4-11-19-15-9-8-13-6-5-7-14(13)12-15/h8-9,12,19,21H,3-7,10-11H2,1-2H3,(H2,18,20). The number of unbranched alkanes of at least 4 members (excludes halogenated alkanes) is 1. The second-order valence-electron chi connectivity index (χ2n) is 6.59. The van der Waals surface area contributed by atoms with Gasteiger partial charge in [0, 0.05) is 17.6 Å². The predicted molar refractivity (Wildman–Crippen MR) is 88.0 cm³/mol. The fourth-order valence-electron chi connectivity index (χ4n) is 2.87. The average molecular weight is 289 g/mol. The number of fused-ring (bicyclic) bond motifs is 1. The second kappa shape index (κ2) is 6.83. The van der Waals surface area contributed by atoms with E-state index in [1.165, 1.54) is 36.1 Å². The maximum Gasteiger partial charge on any atom is 0.144 e. The molecule has 0 heterocycles. The first-order valence-electron chi connectivity index (χ1n) is 7.86. The minimum atomic E-state index is -0.234. The third-order valence-corrected chi connectivity index (χ3v) is 4.46. The molecule has 0 amide bonds. The van der Waals surface area contributed by atoms with Gasteiger partial charge in [-0.15, -0.1) is 0 Å². The maximum absolute atomic E-state index is 8.75. The van der Waals surface area contributed by atoms with Crippen LogP contribution in [0.15, 0.2) is 23.4 Å². The van der Waals surface area contributed by atoms with E-state index in [-0.39, 0.29) is 5.41 Å². The highest BCUT2D eigenvalue weighted by molar-refractivity contribution is 5.85. The molecule has 0 saturated heterocycles. The lowest BCUT2D eigenvalue weighted by atomic mass is 9.86. The van der Waals surface area contributed by atoms with E-state index in [2.05, 4.69) is 28.7 Å². The largest absolute Gasteiger partial charge is 0.409 e. The molecule has 0 bridgehead atoms. The Labute approximate surface area is 127 Å². The van der Waals surface area contributed by atoms with Crippen LogP contribution in [0.25, 0.3) is 0 Å². The molecule has 4 N–H and O–H groups in total. The summed E-state index contributed by atoms with van der Waals surface area (Å²) in [4.78, 5) is 0. The Morgan fingerprint density at radius 3 is 2.81 bits per heavy atom. The highest BCUT2D eigenvalue weighted by atomic mass is 16.4. The molecule has 0 aromatic heterocycles. The van der Waals surface area contributed by atoms with Gasteiger partial charge in [0.15, 0.2) is 0 Å². The minimum absolute atomic E-state index is 0.234. The summed E-state index contributed by atoms with van der Waals surface area (Å²) in [5.74, 6) is 0.314. The smallest absolute Gasteiger partial charge is 0.144 e. The van der Waals surface area contributed by atoms with Crippen LogP contribution in [0.4, 0.5) is 5.69 Å². The van der Waals surface area contributed by atoms with Crippen molar-refractivity contribution in [1.82, 2.24) is 0 Å². The molecule has 0 radical (unpaired) electrons. The van der Waals surface area contributed by atoms with E-state index in [1.807, 2.05) is 13.8 Å². The van der Waals surface area contributed by atoms with Crippen molar-refractivity contribution in [3.8, 4) is 0 Å². The van der Waals surface area contributed by atoms with Gasteiger partial charge in [-0.05, 0) is 55.4 Å². The highest BCUT2D eigenvalue weighted by Crippen LogP contribution is 2.25. The van der Waals surface area contributed by atoms with Gasteiger partial charge in [0.2, 0.25) is 0 Å². The molecular weight excluding hydrogens is 262 g/mol. The molecule has 116 valence electrons. The zero-order chi connectivity index (χ0) is 15.3. The monoisotopic (exact) mass is 289 g/mol. The Hall–Kier alpha value is -1.71. The number of amidine groups is 1. The van der Waals surface area contributed by atoms with Crippen LogP contribution in [0, 0.1) is 5.41 Å². The van der Waals surface area contributed by atoms with Crippen LogP contribution in [-0.4, -0.2) is 17.6 Å². The molecule has 0 saturated carbocycles. The van der Waals surface area contributed by atoms with Gasteiger partial charge in [0.1, 0.15) is 5.84 Å². The molecule has 2 rings (SSSR count). The summed E-state index contributed by atoms with van der Waals surface area (Å²) in [6.07, 6.45) is 6.81. The van der Waals surface area contributed by atoms with E-state index in [0.29, 0.717) is 5.84 Å². The lowest BCUT2D eigenvalue weighted by Crippen LogP contribution is -2.31. The van der Waals surface area contributed by atoms with Gasteiger partial charge in [-0.2, -0.15) is 0 Å². The SMILES string of the molecule is CC(C)(CCCCNc1ccc2c(c1)CCC2)/C(N)=N/O. The Morgan fingerprint density at radius 2 is 2.05 bits per heavy atom. The van der Waals surface area contributed by atoms with E-state index in [4.69, 9.17) is 10.9 Å². The zero-order valence-electron chi connectivity index (χ0n) is 13.2. The second-order valence-corrected chi connectivity index (χ2v) is 6.59. The molecule has 21 heavy (non-hydrogen) atoms. The summed E-state index contributed by atoms with van der Waals surface area (Å²) in [5.41, 5.74) is 9.71. The molecule has 0 spiro atoms. The number of anilines is 1. The number of nitrogens with zero attached hydrogens (tertiary/aromatic N) is 1. The van der Waals surface area contributed by atoms with Crippen LogP contribution in [0.2, 0.25) is 0 Å². The van der Waals surface area contributed by atoms with Crippen molar-refractivity contribution in [3.05, 3.63) is 29.3 Å². The maximum atomic E-state index is 8.75. The number of nitrogens with two attached hydrogens (primary N) is 1. The van der Waals surface area contributed by atoms with E-state index in [9.17, 15) is 0 Å². The normalized spacial score (nSPS) is 15.0. The fraction of sp³-hybridized carbons (Fsp3) is 0.588. The third-order valence-electron chi connectivity index (χ3n) is 4.46. The lowest BCUT2D eigenvalue weighted by molar-refractivity contribution is 0.304. The molecule has 4 nitrogen and oxygen atoms in total. The van der Waals surface area contributed by atoms with Gasteiger partial charge < -0.3 is 16.3 Å². The molecule has 0 fully saturated rings. The first-order chi connectivity index (χ1) is 10.0. The van der Waals surface area contributed by atoms with Crippen molar-refractivity contribution in [2.45, 2.75) is 52.4 Å². The van der Waals surface area contributed by atoms with E-state index < -0.39 is 0 Å². The summed E-state index contributed by atoms with van der Waals surface area (Å²) in [5, 5.41) is 15.4. The van der Waals surface area contributed by atoms with Crippen molar-refractivity contribution in [3.63, 3.8) is 0 Å². The molecular formula is C17H27N3O. The Morgan fingerprint density at radius 1 is 1.29 bits per heavy atom. The Kier molecular flexibility index (Phi) is 5.10. The van der Waals surface area contributed by atoms with E-state index >= 15 is 0 Å². The van der Waals surface area contributed by atoms with Crippen LogP contribution in [0.3, 0.4) is 0 Å². The minimum Gasteiger partial charge on any atom is -0.409 e. The molecule has 1 aliphatic carbocycles. The number of aryl methyl sites for hydroxylation is 2. The Bertz CT molecular complexity index is 509. The van der Waals surface area contributed by atoms with Gasteiger partial charge in [-0.1, -0.05) is 31.5 Å². The lowest BCUT2D eigenvalue weighted by Gasteiger charge is -2.22. The predicted octanol–water partition coefficient (Wildman–Crippen LogP) is 3.53. The van der Waals surface area contributed by atoms with Gasteiger partial charge in [-0.3, -0.25) is 0 Å². The van der Waals surface area contributed by atoms with Gasteiger partial charge in [-0.25, -0.2) is 0 Å². The highest BCUT2D eigenvalue weighted by Gasteiger charge is 2.22. The molecule has 0 atom stereocenters. The zero-order valence-corrected chi connectivity index (χ0v) is 13.2. The van der Waals surface area contributed by atoms with Crippen LogP contribution in [0.1, 0.15) is 50.7 Å². The van der Waals surface area contributed by atoms with E-state index in [0.717, 1.165) is 25.8 Å². The van der Waals surface area contributed by atoms with Crippen molar-refractivity contribution < 1.29 is 5.21 Å². The van der Waals surface area contributed by atoms with Gasteiger partial charge in [0.25, 0.3) is 0 Å². The van der Waals surface area contributed by atoms with Crippen molar-refractivity contribution in [1.29, 1.82) is 0 Å². The van der Waals surface area contributed by atoms with Crippen LogP contribution in [0.5, 0.6) is 0 Å². The number of benzene rings is 1. The Balaban J connectivity index is 1.71. The quantitative estimate of drug-likeness (QED) is 0.236. The summed E-state index contributed by atoms with van der Waals surface area (Å²) >= 11 is 0. The van der Waals surface area contributed by atoms with Crippen molar-refractivity contribution in [2.75, 3.05) is 11.9 Å². The summed E-state index contributed by atoms with van der Waals surface area (Å²) in [6, 6.07) is 6.74. The number of rotatable bonds is 7. The van der Waals surface area contributed by atoms with Crippen LogP contribution in [-0.2, 0) is 12.8 Å². The first-order valence-corrected chi connectivity index (χ1v) is 7.86. The summed E-state index contributed by atoms with van der Waals surface area (Å²) in [7, 11) is 0. The number of hydrogen-bond donors (Lipinski definition) is 3. The first kappa shape index (κ1) is 15.7. The topological polar surface area (TPSA) is 70.6 Å². The molecule has 1 aromatic rings. The summed E-state index contributed by atoms with van der Waals surface area (Å²) in [6.45, 7) is 4.98. The molecule has 0 unspecified atom stereocenters.